The molecule has 0 aliphatic carbocycles. The van der Waals surface area contributed by atoms with E-state index in [1.165, 1.54) is 31.3 Å². The molecule has 0 aromatic heterocycles. The van der Waals surface area contributed by atoms with Gasteiger partial charge in [0.1, 0.15) is 11.5 Å². The molecule has 0 saturated carbocycles. The maximum atomic E-state index is 12.1. The van der Waals surface area contributed by atoms with E-state index in [1.807, 2.05) is 0 Å². The molecule has 1 aromatic carbocycles. The Hall–Kier alpha value is -1.79. The molecule has 106 valence electrons. The molecule has 0 spiro atoms. The maximum Gasteiger partial charge on any atom is 0.257 e. The highest BCUT2D eigenvalue weighted by Gasteiger charge is 2.18. The number of hydrogen-bond donors (Lipinski definition) is 2. The molecule has 1 amide bonds. The first kappa shape index (κ1) is 15.3. The third-order valence-electron chi connectivity index (χ3n) is 2.63. The molecule has 0 aliphatic heterocycles. The third kappa shape index (κ3) is 4.11. The van der Waals surface area contributed by atoms with Crippen LogP contribution in [-0.2, 0) is 4.74 Å². The van der Waals surface area contributed by atoms with E-state index < -0.39 is 6.10 Å². The molecule has 0 heterocycles. The lowest BCUT2D eigenvalue weighted by Crippen LogP contribution is -2.36. The smallest absolute Gasteiger partial charge is 0.257 e. The Bertz CT molecular complexity index is 435. The molecule has 1 atom stereocenters. The fourth-order valence-corrected chi connectivity index (χ4v) is 1.67. The fraction of sp³-hybridized carbons (Fsp3) is 0.462. The van der Waals surface area contributed by atoms with Crippen molar-refractivity contribution in [2.24, 2.45) is 0 Å². The largest absolute Gasteiger partial charge is 0.507 e. The lowest BCUT2D eigenvalue weighted by Gasteiger charge is -2.21. The van der Waals surface area contributed by atoms with Crippen molar-refractivity contribution in [1.29, 1.82) is 0 Å². The minimum atomic E-state index is -0.764. The number of aliphatic hydroxyl groups excluding tert-OH is 1. The number of aliphatic hydroxyl groups is 1. The highest BCUT2D eigenvalue weighted by molar-refractivity contribution is 5.96. The van der Waals surface area contributed by atoms with Crippen LogP contribution in [0.1, 0.15) is 10.4 Å². The van der Waals surface area contributed by atoms with E-state index in [4.69, 9.17) is 9.47 Å². The van der Waals surface area contributed by atoms with Crippen molar-refractivity contribution in [2.45, 2.75) is 6.10 Å². The minimum absolute atomic E-state index is 0.123. The van der Waals surface area contributed by atoms with E-state index in [9.17, 15) is 15.0 Å². The first-order chi connectivity index (χ1) is 8.99. The highest BCUT2D eigenvalue weighted by Crippen LogP contribution is 2.24. The zero-order valence-electron chi connectivity index (χ0n) is 11.3. The predicted octanol–water partition coefficient (Wildman–Crippen LogP) is 0.480. The van der Waals surface area contributed by atoms with Crippen LogP contribution in [0, 0.1) is 0 Å². The zero-order chi connectivity index (χ0) is 14.4. The Morgan fingerprint density at radius 1 is 1.42 bits per heavy atom. The number of phenolic OH excluding ortho intramolecular Hbond substituents is 1. The molecule has 2 N–H and O–H groups in total. The normalized spacial score (nSPS) is 12.0. The summed E-state index contributed by atoms with van der Waals surface area (Å²) in [5.74, 6) is -0.0659. The van der Waals surface area contributed by atoms with Gasteiger partial charge in [-0.25, -0.2) is 0 Å². The molecule has 19 heavy (non-hydrogen) atoms. The second-order valence-corrected chi connectivity index (χ2v) is 4.18. The van der Waals surface area contributed by atoms with Crippen LogP contribution in [0.4, 0.5) is 0 Å². The van der Waals surface area contributed by atoms with Gasteiger partial charge in [-0.1, -0.05) is 0 Å². The molecule has 1 unspecified atom stereocenters. The topological polar surface area (TPSA) is 79.2 Å². The summed E-state index contributed by atoms with van der Waals surface area (Å²) in [5, 5.41) is 19.3. The van der Waals surface area contributed by atoms with Crippen LogP contribution < -0.4 is 4.74 Å². The first-order valence-electron chi connectivity index (χ1n) is 5.79. The van der Waals surface area contributed by atoms with Crippen molar-refractivity contribution >= 4 is 5.91 Å². The summed E-state index contributed by atoms with van der Waals surface area (Å²) in [6.45, 7) is 0.268. The summed E-state index contributed by atoms with van der Waals surface area (Å²) < 4.78 is 9.74. The quantitative estimate of drug-likeness (QED) is 0.785. The van der Waals surface area contributed by atoms with Gasteiger partial charge in [0.15, 0.2) is 0 Å². The van der Waals surface area contributed by atoms with Gasteiger partial charge in [-0.3, -0.25) is 4.79 Å². The number of hydrogen-bond acceptors (Lipinski definition) is 5. The number of rotatable bonds is 6. The molecule has 6 heteroatoms. The van der Waals surface area contributed by atoms with Gasteiger partial charge < -0.3 is 24.6 Å². The number of phenols is 1. The number of carbonyl (C=O) groups excluding carboxylic acids is 1. The summed E-state index contributed by atoms with van der Waals surface area (Å²) in [5.41, 5.74) is 0.160. The number of carbonyl (C=O) groups is 1. The second-order valence-electron chi connectivity index (χ2n) is 4.18. The predicted molar refractivity (Wildman–Crippen MR) is 69.5 cm³/mol. The van der Waals surface area contributed by atoms with Crippen molar-refractivity contribution in [3.05, 3.63) is 23.8 Å². The molecule has 6 nitrogen and oxygen atoms in total. The lowest BCUT2D eigenvalue weighted by atomic mass is 10.1. The van der Waals surface area contributed by atoms with E-state index in [0.717, 1.165) is 0 Å². The van der Waals surface area contributed by atoms with Crippen molar-refractivity contribution in [3.8, 4) is 11.5 Å². The third-order valence-corrected chi connectivity index (χ3v) is 2.63. The summed E-state index contributed by atoms with van der Waals surface area (Å²) in [7, 11) is 4.49. The van der Waals surface area contributed by atoms with Gasteiger partial charge in [0.05, 0.1) is 25.4 Å². The van der Waals surface area contributed by atoms with Crippen molar-refractivity contribution in [1.82, 2.24) is 4.90 Å². The van der Waals surface area contributed by atoms with Gasteiger partial charge in [0, 0.05) is 26.8 Å². The Labute approximate surface area is 112 Å². The van der Waals surface area contributed by atoms with Crippen LogP contribution >= 0.6 is 0 Å². The summed E-state index contributed by atoms with van der Waals surface area (Å²) in [4.78, 5) is 13.4. The number of benzene rings is 1. The van der Waals surface area contributed by atoms with Gasteiger partial charge in [-0.05, 0) is 12.1 Å². The summed E-state index contributed by atoms with van der Waals surface area (Å²) >= 11 is 0. The van der Waals surface area contributed by atoms with Crippen LogP contribution in [0.3, 0.4) is 0 Å². The van der Waals surface area contributed by atoms with Gasteiger partial charge in [0.2, 0.25) is 0 Å². The average Bonchev–Trinajstić information content (AvgIpc) is 2.37. The molecular formula is C13H19NO5. The molecule has 0 fully saturated rings. The van der Waals surface area contributed by atoms with E-state index >= 15 is 0 Å². The summed E-state index contributed by atoms with van der Waals surface area (Å²) in [6, 6.07) is 4.44. The van der Waals surface area contributed by atoms with E-state index in [-0.39, 0.29) is 30.4 Å². The van der Waals surface area contributed by atoms with E-state index in [0.29, 0.717) is 5.75 Å². The molecule has 0 saturated heterocycles. The van der Waals surface area contributed by atoms with E-state index in [2.05, 4.69) is 0 Å². The number of ether oxygens (including phenoxy) is 2. The van der Waals surface area contributed by atoms with Crippen LogP contribution in [0.5, 0.6) is 11.5 Å². The van der Waals surface area contributed by atoms with Crippen molar-refractivity contribution in [2.75, 3.05) is 34.4 Å². The van der Waals surface area contributed by atoms with Crippen LogP contribution in [-0.4, -0.2) is 61.5 Å². The summed E-state index contributed by atoms with van der Waals surface area (Å²) in [6.07, 6.45) is -0.764. The Morgan fingerprint density at radius 3 is 2.63 bits per heavy atom. The highest BCUT2D eigenvalue weighted by atomic mass is 16.5. The Balaban J connectivity index is 2.76. The number of likely N-dealkylation sites (N-methyl/N-ethyl adjacent to an activating group) is 1. The Kier molecular flexibility index (Phi) is 5.59. The Morgan fingerprint density at radius 2 is 2.11 bits per heavy atom. The van der Waals surface area contributed by atoms with Crippen molar-refractivity contribution in [3.63, 3.8) is 0 Å². The average molecular weight is 269 g/mol. The van der Waals surface area contributed by atoms with Gasteiger partial charge in [-0.2, -0.15) is 0 Å². The molecular weight excluding hydrogens is 250 g/mol. The number of methoxy groups -OCH3 is 2. The second kappa shape index (κ2) is 6.96. The maximum absolute atomic E-state index is 12.1. The number of nitrogens with zero attached hydrogens (tertiary/aromatic N) is 1. The first-order valence-corrected chi connectivity index (χ1v) is 5.79. The lowest BCUT2D eigenvalue weighted by molar-refractivity contribution is 0.0379. The monoisotopic (exact) mass is 269 g/mol. The van der Waals surface area contributed by atoms with Gasteiger partial charge >= 0.3 is 0 Å². The van der Waals surface area contributed by atoms with Crippen LogP contribution in [0.15, 0.2) is 18.2 Å². The fourth-order valence-electron chi connectivity index (χ4n) is 1.67. The molecule has 1 rings (SSSR count). The minimum Gasteiger partial charge on any atom is -0.507 e. The number of amides is 1. The van der Waals surface area contributed by atoms with Gasteiger partial charge in [0.25, 0.3) is 5.91 Å². The van der Waals surface area contributed by atoms with Crippen LogP contribution in [0.25, 0.3) is 0 Å². The number of aromatic hydroxyl groups is 1. The van der Waals surface area contributed by atoms with E-state index in [1.54, 1.807) is 13.1 Å². The SMILES string of the molecule is COCC(O)CN(C)C(=O)c1ccc(OC)cc1O. The van der Waals surface area contributed by atoms with Crippen molar-refractivity contribution < 1.29 is 24.5 Å². The molecule has 0 bridgehead atoms. The molecule has 1 aromatic rings. The molecule has 0 aliphatic rings. The van der Waals surface area contributed by atoms with Crippen LogP contribution in [0.2, 0.25) is 0 Å². The standard InChI is InChI=1S/C13H19NO5/c1-14(7-9(15)8-18-2)13(17)11-5-4-10(19-3)6-12(11)16/h4-6,9,15-16H,7-8H2,1-3H3. The molecule has 0 radical (unpaired) electrons. The zero-order valence-corrected chi connectivity index (χ0v) is 11.3. The van der Waals surface area contributed by atoms with Gasteiger partial charge in [-0.15, -0.1) is 0 Å².